The van der Waals surface area contributed by atoms with Crippen LogP contribution in [-0.2, 0) is 15.3 Å². The van der Waals surface area contributed by atoms with Gasteiger partial charge in [-0.15, -0.1) is 0 Å². The molecule has 0 aliphatic carbocycles. The lowest BCUT2D eigenvalue weighted by molar-refractivity contribution is -0.131. The third-order valence-electron chi connectivity index (χ3n) is 3.35. The molecular weight excluding hydrogens is 390 g/mol. The number of thioether (sulfide) groups is 2. The van der Waals surface area contributed by atoms with Gasteiger partial charge in [0.1, 0.15) is 15.8 Å². The van der Waals surface area contributed by atoms with Gasteiger partial charge in [-0.25, -0.2) is 4.99 Å². The van der Waals surface area contributed by atoms with Crippen molar-refractivity contribution in [2.24, 2.45) is 4.99 Å². The Morgan fingerprint density at radius 1 is 1.23 bits per heavy atom. The molecule has 0 radical (unpaired) electrons. The standard InChI is InChI=1S/C19H14ClNO3S2/c1-12(22)24-16-9-5-8-14(17(16)20)10-15-18(23)26-19(21-15)25-11-13-6-3-2-4-7-13/h2-10H,11H2,1H3. The van der Waals surface area contributed by atoms with Crippen molar-refractivity contribution in [1.29, 1.82) is 0 Å². The van der Waals surface area contributed by atoms with Crippen molar-refractivity contribution in [2.45, 2.75) is 12.7 Å². The smallest absolute Gasteiger partial charge is 0.308 e. The maximum absolute atomic E-state index is 12.2. The molecule has 0 saturated carbocycles. The Hall–Kier alpha value is -2.02. The summed E-state index contributed by atoms with van der Waals surface area (Å²) in [6, 6.07) is 15.0. The molecule has 2 aromatic carbocycles. The van der Waals surface area contributed by atoms with Crippen LogP contribution in [0, 0.1) is 0 Å². The van der Waals surface area contributed by atoms with E-state index in [1.165, 1.54) is 24.2 Å². The van der Waals surface area contributed by atoms with Crippen LogP contribution in [0.4, 0.5) is 0 Å². The van der Waals surface area contributed by atoms with E-state index in [0.29, 0.717) is 15.6 Å². The van der Waals surface area contributed by atoms with Crippen molar-refractivity contribution >= 4 is 56.7 Å². The fourth-order valence-corrected chi connectivity index (χ4v) is 4.21. The van der Waals surface area contributed by atoms with Gasteiger partial charge in [0.2, 0.25) is 5.12 Å². The topological polar surface area (TPSA) is 55.7 Å². The minimum absolute atomic E-state index is 0.130. The number of esters is 1. The average Bonchev–Trinajstić information content (AvgIpc) is 2.97. The Morgan fingerprint density at radius 2 is 2.00 bits per heavy atom. The SMILES string of the molecule is CC(=O)Oc1cccc(C=C2N=C(SCc3ccccc3)SC2=O)c1Cl. The normalized spacial score (nSPS) is 15.2. The number of ether oxygens (including phenoxy) is 1. The van der Waals surface area contributed by atoms with Gasteiger partial charge >= 0.3 is 5.97 Å². The molecule has 0 unspecified atom stereocenters. The predicted molar refractivity (Wildman–Crippen MR) is 109 cm³/mol. The lowest BCUT2D eigenvalue weighted by atomic mass is 10.2. The van der Waals surface area contributed by atoms with Gasteiger partial charge in [-0.2, -0.15) is 0 Å². The van der Waals surface area contributed by atoms with E-state index in [2.05, 4.69) is 4.99 Å². The minimum atomic E-state index is -0.457. The van der Waals surface area contributed by atoms with Crippen molar-refractivity contribution in [2.75, 3.05) is 0 Å². The molecule has 7 heteroatoms. The Bertz CT molecular complexity index is 910. The van der Waals surface area contributed by atoms with E-state index in [1.54, 1.807) is 24.3 Å². The van der Waals surface area contributed by atoms with Crippen LogP contribution in [0.3, 0.4) is 0 Å². The predicted octanol–water partition coefficient (Wildman–Crippen LogP) is 5.17. The zero-order valence-electron chi connectivity index (χ0n) is 13.8. The van der Waals surface area contributed by atoms with Gasteiger partial charge in [0.15, 0.2) is 0 Å². The maximum atomic E-state index is 12.2. The van der Waals surface area contributed by atoms with Gasteiger partial charge in [0, 0.05) is 12.7 Å². The first-order valence-corrected chi connectivity index (χ1v) is 9.87. The average molecular weight is 404 g/mol. The van der Waals surface area contributed by atoms with Crippen LogP contribution in [0.15, 0.2) is 59.2 Å². The summed E-state index contributed by atoms with van der Waals surface area (Å²) in [5.41, 5.74) is 2.07. The van der Waals surface area contributed by atoms with E-state index in [9.17, 15) is 9.59 Å². The van der Waals surface area contributed by atoms with Crippen LogP contribution in [-0.4, -0.2) is 15.5 Å². The lowest BCUT2D eigenvalue weighted by Crippen LogP contribution is -2.02. The van der Waals surface area contributed by atoms with Crippen molar-refractivity contribution in [3.63, 3.8) is 0 Å². The molecule has 132 valence electrons. The number of benzene rings is 2. The van der Waals surface area contributed by atoms with Gasteiger partial charge in [-0.1, -0.05) is 65.8 Å². The molecule has 26 heavy (non-hydrogen) atoms. The molecule has 2 aromatic rings. The largest absolute Gasteiger partial charge is 0.425 e. The first-order valence-electron chi connectivity index (χ1n) is 7.69. The Labute approximate surface area is 164 Å². The number of aliphatic imine (C=N–C) groups is 1. The molecule has 0 saturated heterocycles. The second-order valence-corrected chi connectivity index (χ2v) is 7.89. The highest BCUT2D eigenvalue weighted by molar-refractivity contribution is 8.45. The molecule has 0 aromatic heterocycles. The number of hydrogen-bond donors (Lipinski definition) is 0. The Morgan fingerprint density at radius 3 is 2.73 bits per heavy atom. The Kier molecular flexibility index (Phi) is 6.19. The number of halogens is 1. The number of rotatable bonds is 4. The first-order chi connectivity index (χ1) is 12.5. The van der Waals surface area contributed by atoms with Crippen LogP contribution in [0.2, 0.25) is 5.02 Å². The van der Waals surface area contributed by atoms with Gasteiger partial charge in [-0.3, -0.25) is 9.59 Å². The van der Waals surface area contributed by atoms with Crippen LogP contribution < -0.4 is 4.74 Å². The third-order valence-corrected chi connectivity index (χ3v) is 5.83. The number of carbonyl (C=O) groups is 2. The molecular formula is C19H14ClNO3S2. The molecule has 0 fully saturated rings. The second kappa shape index (κ2) is 8.58. The molecule has 0 N–H and O–H groups in total. The zero-order chi connectivity index (χ0) is 18.5. The second-order valence-electron chi connectivity index (χ2n) is 5.32. The van der Waals surface area contributed by atoms with Crippen molar-refractivity contribution in [3.8, 4) is 5.75 Å². The van der Waals surface area contributed by atoms with Gasteiger partial charge in [0.05, 0.1) is 5.02 Å². The quantitative estimate of drug-likeness (QED) is 0.400. The molecule has 0 amide bonds. The monoisotopic (exact) mass is 403 g/mol. The first kappa shape index (κ1) is 18.8. The summed E-state index contributed by atoms with van der Waals surface area (Å²) in [4.78, 5) is 27.7. The summed E-state index contributed by atoms with van der Waals surface area (Å²) >= 11 is 8.89. The summed E-state index contributed by atoms with van der Waals surface area (Å²) in [7, 11) is 0. The summed E-state index contributed by atoms with van der Waals surface area (Å²) in [6.07, 6.45) is 1.61. The molecule has 0 spiro atoms. The lowest BCUT2D eigenvalue weighted by Gasteiger charge is -2.06. The van der Waals surface area contributed by atoms with Crippen LogP contribution in [0.25, 0.3) is 6.08 Å². The van der Waals surface area contributed by atoms with Crippen molar-refractivity contribution < 1.29 is 14.3 Å². The fraction of sp³-hybridized carbons (Fsp3) is 0.105. The van der Waals surface area contributed by atoms with E-state index in [4.69, 9.17) is 16.3 Å². The number of nitrogens with zero attached hydrogens (tertiary/aromatic N) is 1. The number of carbonyl (C=O) groups excluding carboxylic acids is 2. The maximum Gasteiger partial charge on any atom is 0.308 e. The van der Waals surface area contributed by atoms with Crippen molar-refractivity contribution in [1.82, 2.24) is 0 Å². The highest BCUT2D eigenvalue weighted by Crippen LogP contribution is 2.35. The summed E-state index contributed by atoms with van der Waals surface area (Å²) < 4.78 is 5.76. The van der Waals surface area contributed by atoms with E-state index in [-0.39, 0.29) is 15.9 Å². The summed E-state index contributed by atoms with van der Waals surface area (Å²) in [5, 5.41) is 0.142. The molecule has 3 rings (SSSR count). The van der Waals surface area contributed by atoms with E-state index < -0.39 is 5.97 Å². The van der Waals surface area contributed by atoms with Gasteiger partial charge in [-0.05, 0) is 35.0 Å². The van der Waals surface area contributed by atoms with Crippen LogP contribution in [0.5, 0.6) is 5.75 Å². The minimum Gasteiger partial charge on any atom is -0.425 e. The van der Waals surface area contributed by atoms with Gasteiger partial charge in [0.25, 0.3) is 0 Å². The van der Waals surface area contributed by atoms with E-state index >= 15 is 0 Å². The number of hydrogen-bond acceptors (Lipinski definition) is 6. The molecule has 4 nitrogen and oxygen atoms in total. The van der Waals surface area contributed by atoms with Crippen molar-refractivity contribution in [3.05, 3.63) is 70.4 Å². The molecule has 1 aliphatic heterocycles. The highest BCUT2D eigenvalue weighted by atomic mass is 35.5. The van der Waals surface area contributed by atoms with Crippen LogP contribution >= 0.6 is 35.1 Å². The van der Waals surface area contributed by atoms with E-state index in [0.717, 1.165) is 17.5 Å². The summed E-state index contributed by atoms with van der Waals surface area (Å²) in [6.45, 7) is 1.30. The van der Waals surface area contributed by atoms with Gasteiger partial charge < -0.3 is 4.74 Å². The molecule has 1 heterocycles. The molecule has 0 atom stereocenters. The molecule has 1 aliphatic rings. The summed E-state index contributed by atoms with van der Waals surface area (Å²) in [5.74, 6) is 0.548. The Balaban J connectivity index is 1.77. The highest BCUT2D eigenvalue weighted by Gasteiger charge is 2.23. The van der Waals surface area contributed by atoms with E-state index in [1.807, 2.05) is 30.3 Å². The van der Waals surface area contributed by atoms with Crippen LogP contribution in [0.1, 0.15) is 18.1 Å². The fourth-order valence-electron chi connectivity index (χ4n) is 2.19. The third kappa shape index (κ3) is 4.78. The zero-order valence-corrected chi connectivity index (χ0v) is 16.2. The molecule has 0 bridgehead atoms.